The average molecular weight is 357 g/mol. The first-order valence-electron chi connectivity index (χ1n) is 9.82. The Morgan fingerprint density at radius 2 is 1.52 bits per heavy atom. The van der Waals surface area contributed by atoms with Gasteiger partial charge in [0.25, 0.3) is 0 Å². The highest BCUT2D eigenvalue weighted by Crippen LogP contribution is 2.35. The lowest BCUT2D eigenvalue weighted by molar-refractivity contribution is 0.130. The molecular weight excluding hydrogens is 330 g/mol. The molecule has 0 saturated carbocycles. The molecule has 138 valence electrons. The zero-order valence-electron chi connectivity index (χ0n) is 15.9. The van der Waals surface area contributed by atoms with E-state index in [0.29, 0.717) is 11.8 Å². The van der Waals surface area contributed by atoms with Crippen molar-refractivity contribution < 1.29 is 4.74 Å². The monoisotopic (exact) mass is 357 g/mol. The van der Waals surface area contributed by atoms with E-state index in [1.165, 1.54) is 23.1 Å². The smallest absolute Gasteiger partial charge is 0.127 e. The molecule has 1 fully saturated rings. The van der Waals surface area contributed by atoms with Crippen LogP contribution in [0.5, 0.6) is 5.75 Å². The highest BCUT2D eigenvalue weighted by Gasteiger charge is 2.29. The molecule has 3 aromatic rings. The molecule has 1 heterocycles. The Balaban J connectivity index is 1.53. The maximum atomic E-state index is 6.40. The minimum absolute atomic E-state index is 0.495. The Morgan fingerprint density at radius 3 is 2.30 bits per heavy atom. The highest BCUT2D eigenvalue weighted by atomic mass is 16.5. The Bertz CT molecular complexity index is 846. The molecule has 1 aliphatic rings. The van der Waals surface area contributed by atoms with Crippen molar-refractivity contribution in [2.75, 3.05) is 26.7 Å². The van der Waals surface area contributed by atoms with Crippen LogP contribution in [0.15, 0.2) is 84.9 Å². The molecule has 1 saturated heterocycles. The summed E-state index contributed by atoms with van der Waals surface area (Å²) >= 11 is 0. The lowest BCUT2D eigenvalue weighted by atomic mass is 9.81. The number of ether oxygens (including phenoxy) is 1. The summed E-state index contributed by atoms with van der Waals surface area (Å²) in [6, 6.07) is 29.8. The second-order valence-electron chi connectivity index (χ2n) is 7.50. The van der Waals surface area contributed by atoms with Crippen molar-refractivity contribution in [3.8, 4) is 16.9 Å². The zero-order valence-corrected chi connectivity index (χ0v) is 15.9. The lowest BCUT2D eigenvalue weighted by Gasteiger charge is -2.37. The van der Waals surface area contributed by atoms with Crippen LogP contribution in [-0.2, 0) is 0 Å². The Kier molecular flexibility index (Phi) is 5.55. The first-order chi connectivity index (χ1) is 13.3. The van der Waals surface area contributed by atoms with Crippen molar-refractivity contribution in [1.29, 1.82) is 0 Å². The van der Waals surface area contributed by atoms with E-state index < -0.39 is 0 Å². The molecule has 0 bridgehead atoms. The number of likely N-dealkylation sites (tertiary alicyclic amines) is 1. The molecule has 0 radical (unpaired) electrons. The number of hydrogen-bond donors (Lipinski definition) is 0. The van der Waals surface area contributed by atoms with Gasteiger partial charge in [-0.1, -0.05) is 78.9 Å². The molecule has 0 unspecified atom stereocenters. The summed E-state index contributed by atoms with van der Waals surface area (Å²) in [7, 11) is 2.21. The van der Waals surface area contributed by atoms with E-state index >= 15 is 0 Å². The van der Waals surface area contributed by atoms with Crippen LogP contribution in [-0.4, -0.2) is 31.6 Å². The van der Waals surface area contributed by atoms with Crippen LogP contribution in [0.4, 0.5) is 0 Å². The summed E-state index contributed by atoms with van der Waals surface area (Å²) in [5.41, 5.74) is 3.81. The predicted octanol–water partition coefficient (Wildman–Crippen LogP) is 5.47. The molecule has 1 aliphatic heterocycles. The Morgan fingerprint density at radius 1 is 0.852 bits per heavy atom. The van der Waals surface area contributed by atoms with Gasteiger partial charge in [0, 0.05) is 18.0 Å². The summed E-state index contributed by atoms with van der Waals surface area (Å²) in [5.74, 6) is 2.03. The summed E-state index contributed by atoms with van der Waals surface area (Å²) in [6.07, 6.45) is 1.19. The molecule has 27 heavy (non-hydrogen) atoms. The van der Waals surface area contributed by atoms with Crippen molar-refractivity contribution in [2.45, 2.75) is 12.3 Å². The van der Waals surface area contributed by atoms with E-state index in [2.05, 4.69) is 96.9 Å². The number of nitrogens with zero attached hydrogens (tertiary/aromatic N) is 1. The predicted molar refractivity (Wildman–Crippen MR) is 112 cm³/mol. The minimum atomic E-state index is 0.495. The van der Waals surface area contributed by atoms with Crippen molar-refractivity contribution in [3.63, 3.8) is 0 Å². The fourth-order valence-electron chi connectivity index (χ4n) is 4.17. The number of hydrogen-bond acceptors (Lipinski definition) is 2. The van der Waals surface area contributed by atoms with Crippen LogP contribution in [0.3, 0.4) is 0 Å². The number of rotatable bonds is 5. The molecular formula is C25H27NO. The van der Waals surface area contributed by atoms with Gasteiger partial charge < -0.3 is 9.64 Å². The quantitative estimate of drug-likeness (QED) is 0.600. The first-order valence-corrected chi connectivity index (χ1v) is 9.82. The van der Waals surface area contributed by atoms with Crippen LogP contribution in [0.25, 0.3) is 11.1 Å². The van der Waals surface area contributed by atoms with Crippen molar-refractivity contribution in [3.05, 3.63) is 90.5 Å². The van der Waals surface area contributed by atoms with Gasteiger partial charge in [-0.25, -0.2) is 0 Å². The van der Waals surface area contributed by atoms with Gasteiger partial charge in [0.15, 0.2) is 0 Å². The van der Waals surface area contributed by atoms with E-state index in [0.717, 1.165) is 25.4 Å². The third kappa shape index (κ3) is 4.23. The largest absolute Gasteiger partial charge is 0.493 e. The maximum absolute atomic E-state index is 6.40. The van der Waals surface area contributed by atoms with Gasteiger partial charge in [0.05, 0.1) is 6.61 Å². The summed E-state index contributed by atoms with van der Waals surface area (Å²) in [6.45, 7) is 2.97. The molecule has 4 rings (SSSR count). The minimum Gasteiger partial charge on any atom is -0.493 e. The van der Waals surface area contributed by atoms with Crippen LogP contribution >= 0.6 is 0 Å². The lowest BCUT2D eigenvalue weighted by Crippen LogP contribution is -2.39. The molecule has 0 N–H and O–H groups in total. The molecule has 2 atom stereocenters. The van der Waals surface area contributed by atoms with E-state index in [1.807, 2.05) is 0 Å². The van der Waals surface area contributed by atoms with E-state index in [4.69, 9.17) is 4.74 Å². The fourth-order valence-corrected chi connectivity index (χ4v) is 4.17. The topological polar surface area (TPSA) is 12.5 Å². The van der Waals surface area contributed by atoms with Crippen molar-refractivity contribution >= 4 is 0 Å². The zero-order chi connectivity index (χ0) is 18.5. The Labute approximate surface area is 162 Å². The summed E-state index contributed by atoms with van der Waals surface area (Å²) in [4.78, 5) is 2.43. The van der Waals surface area contributed by atoms with E-state index in [1.54, 1.807) is 0 Å². The van der Waals surface area contributed by atoms with Gasteiger partial charge >= 0.3 is 0 Å². The standard InChI is InChI=1S/C25H27NO/c1-26-17-16-23(20-10-4-2-5-11-20)22(18-26)19-27-25-15-9-8-14-24(25)21-12-6-3-7-13-21/h2-15,22-23H,16-19H2,1H3/t22-,23-/m0/s1. The van der Waals surface area contributed by atoms with Crippen LogP contribution in [0.1, 0.15) is 17.9 Å². The van der Waals surface area contributed by atoms with Crippen LogP contribution < -0.4 is 4.74 Å². The van der Waals surface area contributed by atoms with E-state index in [9.17, 15) is 0 Å². The molecule has 0 spiro atoms. The fraction of sp³-hybridized carbons (Fsp3) is 0.280. The van der Waals surface area contributed by atoms with Crippen molar-refractivity contribution in [2.24, 2.45) is 5.92 Å². The average Bonchev–Trinajstić information content (AvgIpc) is 2.74. The second kappa shape index (κ2) is 8.41. The summed E-state index contributed by atoms with van der Waals surface area (Å²) < 4.78 is 6.40. The third-order valence-electron chi connectivity index (χ3n) is 5.59. The molecule has 2 heteroatoms. The van der Waals surface area contributed by atoms with Crippen LogP contribution in [0, 0.1) is 5.92 Å². The molecule has 0 aromatic heterocycles. The van der Waals surface area contributed by atoms with Gasteiger partial charge in [-0.15, -0.1) is 0 Å². The number of benzene rings is 3. The summed E-state index contributed by atoms with van der Waals surface area (Å²) in [5, 5.41) is 0. The molecule has 3 aromatic carbocycles. The Hall–Kier alpha value is -2.58. The van der Waals surface area contributed by atoms with Crippen molar-refractivity contribution in [1.82, 2.24) is 4.90 Å². The molecule has 0 amide bonds. The second-order valence-corrected chi connectivity index (χ2v) is 7.50. The number of para-hydroxylation sites is 1. The first kappa shape index (κ1) is 17.8. The van der Waals surface area contributed by atoms with Gasteiger partial charge in [-0.05, 0) is 43.1 Å². The van der Waals surface area contributed by atoms with E-state index in [-0.39, 0.29) is 0 Å². The van der Waals surface area contributed by atoms with Gasteiger partial charge in [0.2, 0.25) is 0 Å². The maximum Gasteiger partial charge on any atom is 0.127 e. The highest BCUT2D eigenvalue weighted by molar-refractivity contribution is 5.70. The normalized spacial score (nSPS) is 20.3. The number of piperidine rings is 1. The molecule has 0 aliphatic carbocycles. The van der Waals surface area contributed by atoms with Gasteiger partial charge in [-0.2, -0.15) is 0 Å². The van der Waals surface area contributed by atoms with Gasteiger partial charge in [0.1, 0.15) is 5.75 Å². The SMILES string of the molecule is CN1CC[C@@H](c2ccccc2)[C@H](COc2ccccc2-c2ccccc2)C1. The van der Waals surface area contributed by atoms with Gasteiger partial charge in [-0.3, -0.25) is 0 Å². The molecule has 2 nitrogen and oxygen atoms in total. The van der Waals surface area contributed by atoms with Crippen LogP contribution in [0.2, 0.25) is 0 Å². The third-order valence-corrected chi connectivity index (χ3v) is 5.59.